The lowest BCUT2D eigenvalue weighted by Crippen LogP contribution is -2.46. The molecule has 4 aromatic rings. The van der Waals surface area contributed by atoms with E-state index in [4.69, 9.17) is 0 Å². The number of azo groups is 1. The van der Waals surface area contributed by atoms with Gasteiger partial charge < -0.3 is 29.8 Å². The molecule has 1 aliphatic heterocycles. The van der Waals surface area contributed by atoms with Crippen LogP contribution in [0.4, 0.5) is 45.5 Å². The van der Waals surface area contributed by atoms with Crippen LogP contribution < -0.4 is 30.0 Å². The number of aromatic hydroxyl groups is 2. The minimum atomic E-state index is 0.128. The predicted molar refractivity (Wildman–Crippen MR) is 197 cm³/mol. The summed E-state index contributed by atoms with van der Waals surface area (Å²) in [7, 11) is 1.91. The molecule has 0 unspecified atom stereocenters. The topological polar surface area (TPSA) is 93.4 Å². The molecular formula is C37H48N8O2. The molecule has 3 N–H and O–H groups in total. The highest BCUT2D eigenvalue weighted by Crippen LogP contribution is 2.34. The minimum absolute atomic E-state index is 0.128. The Kier molecular flexibility index (Phi) is 10.9. The number of piperazine rings is 1. The SMILES string of the molecule is CCN(CC)c1ccc(/N=N/c2ccc(N3CCN(c4ccc(NN(C)c5ccc(N(CC)CC)cc5O)cc4)CC3)cc2)c(O)c1. The first-order chi connectivity index (χ1) is 22.8. The van der Waals surface area contributed by atoms with Gasteiger partial charge in [-0.3, -0.25) is 10.4 Å². The molecule has 0 bridgehead atoms. The number of hydrogen-bond acceptors (Lipinski definition) is 10. The predicted octanol–water partition coefficient (Wildman–Crippen LogP) is 8.00. The highest BCUT2D eigenvalue weighted by atomic mass is 16.3. The Morgan fingerprint density at radius 3 is 1.60 bits per heavy atom. The summed E-state index contributed by atoms with van der Waals surface area (Å²) in [6.45, 7) is 15.6. The van der Waals surface area contributed by atoms with Crippen molar-refractivity contribution in [2.24, 2.45) is 10.2 Å². The third-order valence-electron chi connectivity index (χ3n) is 8.83. The number of nitrogens with zero attached hydrogens (tertiary/aromatic N) is 7. The average Bonchev–Trinajstić information content (AvgIpc) is 3.10. The molecule has 10 nitrogen and oxygen atoms in total. The molecule has 10 heteroatoms. The summed E-state index contributed by atoms with van der Waals surface area (Å²) in [6.07, 6.45) is 0. The third kappa shape index (κ3) is 8.00. The normalized spacial score (nSPS) is 13.2. The van der Waals surface area contributed by atoms with Gasteiger partial charge in [0.25, 0.3) is 0 Å². The summed E-state index contributed by atoms with van der Waals surface area (Å²) in [5, 5.41) is 31.6. The second-order valence-electron chi connectivity index (χ2n) is 11.6. The van der Waals surface area contributed by atoms with E-state index >= 15 is 0 Å². The summed E-state index contributed by atoms with van der Waals surface area (Å²) in [4.78, 5) is 9.18. The first-order valence-electron chi connectivity index (χ1n) is 16.6. The first-order valence-corrected chi connectivity index (χ1v) is 16.6. The van der Waals surface area contributed by atoms with E-state index in [1.54, 1.807) is 6.07 Å². The van der Waals surface area contributed by atoms with E-state index in [-0.39, 0.29) is 11.5 Å². The molecule has 0 atom stereocenters. The van der Waals surface area contributed by atoms with Crippen LogP contribution in [0.25, 0.3) is 0 Å². The molecule has 0 saturated carbocycles. The van der Waals surface area contributed by atoms with Crippen molar-refractivity contribution in [2.45, 2.75) is 27.7 Å². The molecule has 1 heterocycles. The molecule has 0 radical (unpaired) electrons. The molecule has 0 aromatic heterocycles. The smallest absolute Gasteiger partial charge is 0.145 e. The Morgan fingerprint density at radius 2 is 1.11 bits per heavy atom. The first kappa shape index (κ1) is 33.2. The summed E-state index contributed by atoms with van der Waals surface area (Å²) in [5.41, 5.74) is 10.6. The van der Waals surface area contributed by atoms with Crippen LogP contribution in [0.15, 0.2) is 95.2 Å². The molecule has 0 spiro atoms. The van der Waals surface area contributed by atoms with E-state index in [0.29, 0.717) is 5.69 Å². The summed E-state index contributed by atoms with van der Waals surface area (Å²) in [5.74, 6) is 0.373. The van der Waals surface area contributed by atoms with Crippen molar-refractivity contribution in [3.63, 3.8) is 0 Å². The van der Waals surface area contributed by atoms with E-state index in [1.165, 1.54) is 5.69 Å². The Bertz CT molecular complexity index is 1610. The van der Waals surface area contributed by atoms with Crippen molar-refractivity contribution >= 4 is 45.5 Å². The molecule has 1 saturated heterocycles. The van der Waals surface area contributed by atoms with Crippen LogP contribution in [0.1, 0.15) is 27.7 Å². The average molecular weight is 637 g/mol. The maximum atomic E-state index is 10.7. The third-order valence-corrected chi connectivity index (χ3v) is 8.83. The van der Waals surface area contributed by atoms with Crippen LogP contribution >= 0.6 is 0 Å². The maximum absolute atomic E-state index is 10.7. The second kappa shape index (κ2) is 15.4. The molecule has 1 fully saturated rings. The molecular weight excluding hydrogens is 588 g/mol. The van der Waals surface area contributed by atoms with Crippen molar-refractivity contribution in [3.8, 4) is 11.5 Å². The fourth-order valence-electron chi connectivity index (χ4n) is 6.03. The number of rotatable bonds is 13. The molecule has 5 rings (SSSR count). The van der Waals surface area contributed by atoms with Crippen LogP contribution in [-0.2, 0) is 0 Å². The van der Waals surface area contributed by atoms with Gasteiger partial charge in [0.15, 0.2) is 0 Å². The van der Waals surface area contributed by atoms with E-state index in [1.807, 2.05) is 54.5 Å². The van der Waals surface area contributed by atoms with E-state index in [0.717, 1.165) is 86.5 Å². The van der Waals surface area contributed by atoms with Crippen LogP contribution in [0, 0.1) is 0 Å². The number of hydrogen-bond donors (Lipinski definition) is 3. The van der Waals surface area contributed by atoms with Crippen molar-refractivity contribution in [3.05, 3.63) is 84.9 Å². The molecule has 0 amide bonds. The lowest BCUT2D eigenvalue weighted by Gasteiger charge is -2.37. The van der Waals surface area contributed by atoms with Crippen molar-refractivity contribution < 1.29 is 10.2 Å². The lowest BCUT2D eigenvalue weighted by atomic mass is 10.2. The van der Waals surface area contributed by atoms with Gasteiger partial charge in [-0.25, -0.2) is 0 Å². The number of anilines is 6. The van der Waals surface area contributed by atoms with Gasteiger partial charge >= 0.3 is 0 Å². The van der Waals surface area contributed by atoms with Gasteiger partial charge in [0.2, 0.25) is 0 Å². The van der Waals surface area contributed by atoms with E-state index in [2.05, 4.69) is 99.3 Å². The van der Waals surface area contributed by atoms with Crippen LogP contribution in [0.5, 0.6) is 11.5 Å². The number of benzene rings is 4. The molecule has 4 aromatic carbocycles. The number of phenolic OH excluding ortho intramolecular Hbond substituents is 2. The van der Waals surface area contributed by atoms with Gasteiger partial charge in [-0.15, -0.1) is 5.11 Å². The van der Waals surface area contributed by atoms with Crippen LogP contribution in [0.3, 0.4) is 0 Å². The highest BCUT2D eigenvalue weighted by molar-refractivity contribution is 5.68. The maximum Gasteiger partial charge on any atom is 0.145 e. The van der Waals surface area contributed by atoms with Gasteiger partial charge in [0.05, 0.1) is 17.1 Å². The van der Waals surface area contributed by atoms with Gasteiger partial charge in [-0.2, -0.15) is 5.11 Å². The zero-order chi connectivity index (χ0) is 33.3. The largest absolute Gasteiger partial charge is 0.506 e. The highest BCUT2D eigenvalue weighted by Gasteiger charge is 2.18. The van der Waals surface area contributed by atoms with Gasteiger partial charge in [0.1, 0.15) is 17.2 Å². The van der Waals surface area contributed by atoms with Gasteiger partial charge in [-0.05, 0) is 100 Å². The molecule has 47 heavy (non-hydrogen) atoms. The zero-order valence-electron chi connectivity index (χ0n) is 28.3. The lowest BCUT2D eigenvalue weighted by molar-refractivity contribution is 0.475. The fourth-order valence-corrected chi connectivity index (χ4v) is 6.03. The molecule has 0 aliphatic carbocycles. The number of hydrazine groups is 1. The second-order valence-corrected chi connectivity index (χ2v) is 11.6. The summed E-state index contributed by atoms with van der Waals surface area (Å²) >= 11 is 0. The Hall–Kier alpha value is -5.12. The van der Waals surface area contributed by atoms with E-state index < -0.39 is 0 Å². The Labute approximate surface area is 279 Å². The van der Waals surface area contributed by atoms with Crippen molar-refractivity contribution in [1.29, 1.82) is 0 Å². The van der Waals surface area contributed by atoms with Gasteiger partial charge in [-0.1, -0.05) is 0 Å². The quantitative estimate of drug-likeness (QED) is 0.100. The van der Waals surface area contributed by atoms with Gasteiger partial charge in [0, 0.05) is 94.3 Å². The number of phenols is 2. The standard InChI is InChI=1S/C37H48N8O2/c1-6-42(7-2)32-18-20-34(36(46)26-32)39-38-28-10-14-30(15-11-28)44-22-24-45(25-23-44)31-16-12-29(13-17-31)40-41(5)35-21-19-33(27-37(35)47)43(8-3)9-4/h10-21,26-27,40,46-47H,6-9,22-25H2,1-5H3/b39-38+. The molecule has 248 valence electrons. The molecule has 1 aliphatic rings. The fraction of sp³-hybridized carbons (Fsp3) is 0.351. The summed E-state index contributed by atoms with van der Waals surface area (Å²) < 4.78 is 0. The minimum Gasteiger partial charge on any atom is -0.506 e. The number of nitrogens with one attached hydrogen (secondary N) is 1. The van der Waals surface area contributed by atoms with Crippen molar-refractivity contribution in [1.82, 2.24) is 0 Å². The summed E-state index contributed by atoms with van der Waals surface area (Å²) in [6, 6.07) is 27.9. The van der Waals surface area contributed by atoms with Crippen molar-refractivity contribution in [2.75, 3.05) is 89.4 Å². The van der Waals surface area contributed by atoms with Crippen LogP contribution in [-0.4, -0.2) is 69.6 Å². The monoisotopic (exact) mass is 636 g/mol. The van der Waals surface area contributed by atoms with E-state index in [9.17, 15) is 10.2 Å². The van der Waals surface area contributed by atoms with Crippen LogP contribution in [0.2, 0.25) is 0 Å². The Morgan fingerprint density at radius 1 is 0.617 bits per heavy atom. The Balaban J connectivity index is 1.12. The zero-order valence-corrected chi connectivity index (χ0v) is 28.3.